The third-order valence-corrected chi connectivity index (χ3v) is 4.24. The first-order valence-corrected chi connectivity index (χ1v) is 8.38. The second-order valence-corrected chi connectivity index (χ2v) is 6.29. The fourth-order valence-electron chi connectivity index (χ4n) is 2.84. The van der Waals surface area contributed by atoms with E-state index in [0.29, 0.717) is 17.1 Å². The second-order valence-electron chi connectivity index (χ2n) is 6.29. The van der Waals surface area contributed by atoms with Gasteiger partial charge in [0.15, 0.2) is 6.61 Å². The summed E-state index contributed by atoms with van der Waals surface area (Å²) in [6, 6.07) is 13.2. The molecular weight excluding hydrogens is 330 g/mol. The predicted molar refractivity (Wildman–Crippen MR) is 101 cm³/mol. The third kappa shape index (κ3) is 3.74. The van der Waals surface area contributed by atoms with E-state index >= 15 is 0 Å². The van der Waals surface area contributed by atoms with E-state index in [-0.39, 0.29) is 25.0 Å². The van der Waals surface area contributed by atoms with Gasteiger partial charge in [0.25, 0.3) is 11.8 Å². The number of rotatable bonds is 4. The topological polar surface area (TPSA) is 71.0 Å². The first-order chi connectivity index (χ1) is 12.5. The normalized spacial score (nSPS) is 13.9. The average Bonchev–Trinajstić information content (AvgIpc) is 2.64. The molecule has 1 heterocycles. The van der Waals surface area contributed by atoms with E-state index in [1.807, 2.05) is 45.0 Å². The number of ether oxygens (including phenoxy) is 1. The van der Waals surface area contributed by atoms with Gasteiger partial charge in [-0.1, -0.05) is 29.8 Å². The van der Waals surface area contributed by atoms with Crippen molar-refractivity contribution in [3.05, 3.63) is 59.2 Å². The van der Waals surface area contributed by atoms with Crippen LogP contribution in [0.2, 0.25) is 0 Å². The lowest BCUT2D eigenvalue weighted by atomic mass is 10.0. The number of fused-ring (bicyclic) bond motifs is 1. The number of benzene rings is 2. The minimum atomic E-state index is -0.361. The summed E-state index contributed by atoms with van der Waals surface area (Å²) >= 11 is 0. The van der Waals surface area contributed by atoms with Crippen LogP contribution in [0.1, 0.15) is 23.6 Å². The largest absolute Gasteiger partial charge is 0.482 e. The van der Waals surface area contributed by atoms with Gasteiger partial charge in [-0.3, -0.25) is 14.5 Å². The van der Waals surface area contributed by atoms with E-state index in [2.05, 4.69) is 10.5 Å². The lowest BCUT2D eigenvalue weighted by Gasteiger charge is -2.28. The quantitative estimate of drug-likeness (QED) is 0.680. The van der Waals surface area contributed by atoms with Crippen molar-refractivity contribution in [2.75, 3.05) is 18.1 Å². The number of hydrogen-bond acceptors (Lipinski definition) is 4. The van der Waals surface area contributed by atoms with E-state index in [4.69, 9.17) is 4.74 Å². The van der Waals surface area contributed by atoms with Crippen molar-refractivity contribution in [3.8, 4) is 5.75 Å². The Hall–Kier alpha value is -3.15. The lowest BCUT2D eigenvalue weighted by molar-refractivity contribution is -0.125. The number of hydrazone groups is 1. The number of para-hydroxylation sites is 2. The maximum Gasteiger partial charge on any atom is 0.265 e. The van der Waals surface area contributed by atoms with Gasteiger partial charge in [-0.15, -0.1) is 0 Å². The first-order valence-electron chi connectivity index (χ1n) is 8.38. The Morgan fingerprint density at radius 2 is 2.00 bits per heavy atom. The molecular formula is C20H21N3O3. The molecule has 0 atom stereocenters. The van der Waals surface area contributed by atoms with Crippen LogP contribution in [0.25, 0.3) is 0 Å². The van der Waals surface area contributed by atoms with Crippen LogP contribution in [0.3, 0.4) is 0 Å². The summed E-state index contributed by atoms with van der Waals surface area (Å²) in [5.41, 5.74) is 7.05. The van der Waals surface area contributed by atoms with Crippen molar-refractivity contribution in [3.63, 3.8) is 0 Å². The Labute approximate surface area is 152 Å². The monoisotopic (exact) mass is 351 g/mol. The number of anilines is 1. The fourth-order valence-corrected chi connectivity index (χ4v) is 2.84. The van der Waals surface area contributed by atoms with Crippen LogP contribution in [0.15, 0.2) is 47.6 Å². The highest BCUT2D eigenvalue weighted by atomic mass is 16.5. The van der Waals surface area contributed by atoms with Crippen LogP contribution in [0, 0.1) is 13.8 Å². The second kappa shape index (κ2) is 7.39. The molecule has 0 saturated heterocycles. The molecule has 0 spiro atoms. The van der Waals surface area contributed by atoms with Gasteiger partial charge < -0.3 is 4.74 Å². The van der Waals surface area contributed by atoms with Gasteiger partial charge in [0.1, 0.15) is 12.3 Å². The number of carbonyl (C=O) groups is 2. The minimum absolute atomic E-state index is 0.0743. The number of carbonyl (C=O) groups excluding carboxylic acids is 2. The summed E-state index contributed by atoms with van der Waals surface area (Å²) in [6.07, 6.45) is 0. The number of hydrogen-bond donors (Lipinski definition) is 1. The Morgan fingerprint density at radius 1 is 1.23 bits per heavy atom. The molecule has 3 rings (SSSR count). The van der Waals surface area contributed by atoms with Crippen molar-refractivity contribution in [2.24, 2.45) is 5.10 Å². The number of nitrogens with zero attached hydrogens (tertiary/aromatic N) is 2. The maximum absolute atomic E-state index is 12.3. The molecule has 0 aliphatic carbocycles. The Kier molecular flexibility index (Phi) is 5.02. The van der Waals surface area contributed by atoms with Gasteiger partial charge in [0.05, 0.1) is 11.4 Å². The number of amides is 2. The predicted octanol–water partition coefficient (Wildman–Crippen LogP) is 2.57. The van der Waals surface area contributed by atoms with E-state index in [1.54, 1.807) is 18.2 Å². The molecule has 0 unspecified atom stereocenters. The van der Waals surface area contributed by atoms with Crippen LogP contribution < -0.4 is 15.1 Å². The summed E-state index contributed by atoms with van der Waals surface area (Å²) in [5.74, 6) is -0.0243. The van der Waals surface area contributed by atoms with Gasteiger partial charge >= 0.3 is 0 Å². The highest BCUT2D eigenvalue weighted by molar-refractivity contribution is 6.03. The van der Waals surface area contributed by atoms with Crippen LogP contribution >= 0.6 is 0 Å². The zero-order chi connectivity index (χ0) is 18.7. The molecule has 26 heavy (non-hydrogen) atoms. The van der Waals surface area contributed by atoms with Crippen molar-refractivity contribution < 1.29 is 14.3 Å². The van der Waals surface area contributed by atoms with Gasteiger partial charge in [-0.05, 0) is 44.5 Å². The molecule has 0 saturated carbocycles. The van der Waals surface area contributed by atoms with Crippen molar-refractivity contribution in [2.45, 2.75) is 20.8 Å². The first kappa shape index (κ1) is 17.7. The maximum atomic E-state index is 12.3. The zero-order valence-electron chi connectivity index (χ0n) is 15.1. The molecule has 0 fully saturated rings. The molecule has 0 aromatic heterocycles. The summed E-state index contributed by atoms with van der Waals surface area (Å²) in [4.78, 5) is 25.8. The number of aryl methyl sites for hydroxylation is 2. The molecule has 0 bridgehead atoms. The van der Waals surface area contributed by atoms with Crippen LogP contribution in [-0.2, 0) is 9.59 Å². The summed E-state index contributed by atoms with van der Waals surface area (Å²) in [7, 11) is 0. The van der Waals surface area contributed by atoms with Crippen molar-refractivity contribution in [1.82, 2.24) is 5.43 Å². The Balaban J connectivity index is 1.71. The average molecular weight is 351 g/mol. The van der Waals surface area contributed by atoms with E-state index in [9.17, 15) is 9.59 Å². The summed E-state index contributed by atoms with van der Waals surface area (Å²) in [6.45, 7) is 5.67. The molecule has 1 aliphatic heterocycles. The third-order valence-electron chi connectivity index (χ3n) is 4.24. The van der Waals surface area contributed by atoms with E-state index in [0.717, 1.165) is 16.7 Å². The highest BCUT2D eigenvalue weighted by Gasteiger charge is 2.26. The van der Waals surface area contributed by atoms with E-state index < -0.39 is 0 Å². The SMILES string of the molecule is C/C(=N/NC(=O)CN1C(=O)COc2ccccc21)c1cc(C)ccc1C. The molecule has 2 aromatic carbocycles. The fraction of sp³-hybridized carbons (Fsp3) is 0.250. The molecule has 6 heteroatoms. The Morgan fingerprint density at radius 3 is 2.81 bits per heavy atom. The smallest absolute Gasteiger partial charge is 0.265 e. The standard InChI is InChI=1S/C20H21N3O3/c1-13-8-9-14(2)16(10-13)15(3)21-22-19(24)11-23-17-6-4-5-7-18(17)26-12-20(23)25/h4-10H,11-12H2,1-3H3,(H,22,24)/b21-15-. The van der Waals surface area contributed by atoms with Gasteiger partial charge in [0, 0.05) is 5.56 Å². The molecule has 2 aromatic rings. The zero-order valence-corrected chi connectivity index (χ0v) is 15.1. The number of nitrogens with one attached hydrogen (secondary N) is 1. The van der Waals surface area contributed by atoms with Gasteiger partial charge in [-0.25, -0.2) is 5.43 Å². The summed E-state index contributed by atoms with van der Waals surface area (Å²) in [5, 5.41) is 4.19. The van der Waals surface area contributed by atoms with Gasteiger partial charge in [0.2, 0.25) is 0 Å². The van der Waals surface area contributed by atoms with Crippen LogP contribution in [-0.4, -0.2) is 30.7 Å². The highest BCUT2D eigenvalue weighted by Crippen LogP contribution is 2.31. The lowest BCUT2D eigenvalue weighted by Crippen LogP contribution is -2.44. The molecule has 6 nitrogen and oxygen atoms in total. The molecule has 0 radical (unpaired) electrons. The van der Waals surface area contributed by atoms with Crippen molar-refractivity contribution in [1.29, 1.82) is 0 Å². The molecule has 1 aliphatic rings. The summed E-state index contributed by atoms with van der Waals surface area (Å²) < 4.78 is 5.38. The molecule has 134 valence electrons. The van der Waals surface area contributed by atoms with Crippen LogP contribution in [0.4, 0.5) is 5.69 Å². The van der Waals surface area contributed by atoms with Crippen molar-refractivity contribution >= 4 is 23.2 Å². The van der Waals surface area contributed by atoms with E-state index in [1.165, 1.54) is 4.90 Å². The minimum Gasteiger partial charge on any atom is -0.482 e. The molecule has 1 N–H and O–H groups in total. The van der Waals surface area contributed by atoms with Crippen LogP contribution in [0.5, 0.6) is 5.75 Å². The Bertz CT molecular complexity index is 890. The van der Waals surface area contributed by atoms with Gasteiger partial charge in [-0.2, -0.15) is 5.10 Å². The molecule has 2 amide bonds.